The highest BCUT2D eigenvalue weighted by Crippen LogP contribution is 2.25. The number of hydrogen-bond donors (Lipinski definition) is 1. The number of aliphatic imine (C=N–C) groups is 3. The smallest absolute Gasteiger partial charge is 0.262 e. The first-order valence-corrected chi connectivity index (χ1v) is 9.64. The Bertz CT molecular complexity index is 753. The summed E-state index contributed by atoms with van der Waals surface area (Å²) in [6.07, 6.45) is 7.35. The number of hydrazine groups is 1. The van der Waals surface area contributed by atoms with Gasteiger partial charge in [-0.05, 0) is 44.2 Å². The van der Waals surface area contributed by atoms with Gasteiger partial charge in [0.15, 0.2) is 0 Å². The standard InChI is InChI=1S/C20H25N5O/c26-20-18(16-11-6-8-13-21-16)19(23-17-12-5-2-7-14-22-17)24-25(20)15-9-3-1-4-10-15/h1,3-4,9-10,18H,2,5-8,11-14H2,(H,22,23,24)/t18-/m0/s1. The van der Waals surface area contributed by atoms with Crippen LogP contribution >= 0.6 is 0 Å². The molecule has 1 atom stereocenters. The largest absolute Gasteiger partial charge is 0.293 e. The van der Waals surface area contributed by atoms with Crippen LogP contribution in [0.3, 0.4) is 0 Å². The molecule has 0 aliphatic carbocycles. The third-order valence-electron chi connectivity index (χ3n) is 5.07. The molecule has 3 heterocycles. The first-order chi connectivity index (χ1) is 12.8. The average molecular weight is 351 g/mol. The number of rotatable bonds is 2. The molecule has 4 rings (SSSR count). The lowest BCUT2D eigenvalue weighted by molar-refractivity contribution is -0.118. The summed E-state index contributed by atoms with van der Waals surface area (Å²) < 4.78 is 0. The van der Waals surface area contributed by atoms with Gasteiger partial charge in [-0.1, -0.05) is 24.6 Å². The van der Waals surface area contributed by atoms with E-state index in [1.165, 1.54) is 6.42 Å². The molecule has 0 spiro atoms. The summed E-state index contributed by atoms with van der Waals surface area (Å²) in [5, 5.41) is 1.61. The van der Waals surface area contributed by atoms with Crippen LogP contribution in [-0.2, 0) is 4.79 Å². The van der Waals surface area contributed by atoms with Crippen molar-refractivity contribution in [1.82, 2.24) is 5.43 Å². The number of amidine groups is 2. The van der Waals surface area contributed by atoms with Gasteiger partial charge in [0.2, 0.25) is 0 Å². The van der Waals surface area contributed by atoms with Crippen LogP contribution in [0.25, 0.3) is 0 Å². The van der Waals surface area contributed by atoms with Gasteiger partial charge in [-0.2, -0.15) is 0 Å². The second-order valence-electron chi connectivity index (χ2n) is 6.99. The number of benzene rings is 1. The Kier molecular flexibility index (Phi) is 5.09. The fourth-order valence-corrected chi connectivity index (χ4v) is 3.68. The van der Waals surface area contributed by atoms with Gasteiger partial charge in [0.25, 0.3) is 5.91 Å². The summed E-state index contributed by atoms with van der Waals surface area (Å²) in [5.74, 6) is 1.14. The average Bonchev–Trinajstić information content (AvgIpc) is 2.85. The van der Waals surface area contributed by atoms with Crippen molar-refractivity contribution in [2.75, 3.05) is 18.1 Å². The molecule has 0 bridgehead atoms. The minimum Gasteiger partial charge on any atom is -0.293 e. The monoisotopic (exact) mass is 351 g/mol. The molecule has 1 aromatic carbocycles. The van der Waals surface area contributed by atoms with Gasteiger partial charge in [0.1, 0.15) is 17.6 Å². The number of carbonyl (C=O) groups excluding carboxylic acids is 1. The molecule has 0 saturated carbocycles. The van der Waals surface area contributed by atoms with Gasteiger partial charge in [0.05, 0.1) is 5.69 Å². The molecule has 0 aromatic heterocycles. The van der Waals surface area contributed by atoms with Gasteiger partial charge in [-0.15, -0.1) is 0 Å². The number of carbonyl (C=O) groups is 1. The number of nitrogens with zero attached hydrogens (tertiary/aromatic N) is 4. The number of anilines is 1. The summed E-state index contributed by atoms with van der Waals surface area (Å²) in [6.45, 7) is 1.63. The van der Waals surface area contributed by atoms with Crippen LogP contribution in [0.5, 0.6) is 0 Å². The van der Waals surface area contributed by atoms with E-state index >= 15 is 0 Å². The first-order valence-electron chi connectivity index (χ1n) is 9.64. The summed E-state index contributed by atoms with van der Waals surface area (Å²) >= 11 is 0. The van der Waals surface area contributed by atoms with Crippen LogP contribution in [-0.4, -0.2) is 36.4 Å². The van der Waals surface area contributed by atoms with Crippen LogP contribution < -0.4 is 10.4 Å². The minimum atomic E-state index is -0.401. The number of para-hydroxylation sites is 1. The molecule has 3 aliphatic rings. The SMILES string of the molecule is O=C1[C@@H](C2=NCCCC2)C(=NC2=NCCCCC2)NN1c1ccccc1. The van der Waals surface area contributed by atoms with E-state index in [0.29, 0.717) is 5.84 Å². The molecule has 1 N–H and O–H groups in total. The quantitative estimate of drug-likeness (QED) is 0.889. The molecule has 6 nitrogen and oxygen atoms in total. The first kappa shape index (κ1) is 16.9. The Morgan fingerprint density at radius 1 is 0.962 bits per heavy atom. The van der Waals surface area contributed by atoms with E-state index in [1.807, 2.05) is 30.3 Å². The van der Waals surface area contributed by atoms with Gasteiger partial charge >= 0.3 is 0 Å². The van der Waals surface area contributed by atoms with E-state index in [9.17, 15) is 4.79 Å². The number of hydrogen-bond acceptors (Lipinski definition) is 4. The second-order valence-corrected chi connectivity index (χ2v) is 6.99. The molecule has 136 valence electrons. The van der Waals surface area contributed by atoms with Gasteiger partial charge in [0, 0.05) is 25.2 Å². The van der Waals surface area contributed by atoms with Crippen molar-refractivity contribution in [1.29, 1.82) is 0 Å². The van der Waals surface area contributed by atoms with E-state index in [0.717, 1.165) is 68.8 Å². The molecular weight excluding hydrogens is 326 g/mol. The Morgan fingerprint density at radius 2 is 1.73 bits per heavy atom. The minimum absolute atomic E-state index is 0.00446. The van der Waals surface area contributed by atoms with Gasteiger partial charge < -0.3 is 0 Å². The maximum absolute atomic E-state index is 13.2. The predicted octanol–water partition coefficient (Wildman–Crippen LogP) is 3.15. The van der Waals surface area contributed by atoms with E-state index in [-0.39, 0.29) is 5.91 Å². The molecule has 0 radical (unpaired) electrons. The number of amides is 1. The molecule has 0 unspecified atom stereocenters. The van der Waals surface area contributed by atoms with Crippen LogP contribution in [0.1, 0.15) is 44.9 Å². The van der Waals surface area contributed by atoms with Crippen LogP contribution in [0.15, 0.2) is 45.3 Å². The molecular formula is C20H25N5O. The Balaban J connectivity index is 1.68. The van der Waals surface area contributed by atoms with Crippen molar-refractivity contribution >= 4 is 29.0 Å². The van der Waals surface area contributed by atoms with Crippen molar-refractivity contribution in [3.05, 3.63) is 30.3 Å². The predicted molar refractivity (Wildman–Crippen MR) is 105 cm³/mol. The van der Waals surface area contributed by atoms with Crippen molar-refractivity contribution in [3.8, 4) is 0 Å². The lowest BCUT2D eigenvalue weighted by atomic mass is 9.95. The van der Waals surface area contributed by atoms with Crippen LogP contribution in [0.2, 0.25) is 0 Å². The Labute approximate surface area is 154 Å². The molecule has 1 amide bonds. The van der Waals surface area contributed by atoms with Crippen LogP contribution in [0, 0.1) is 5.92 Å². The molecule has 3 aliphatic heterocycles. The summed E-state index contributed by atoms with van der Waals surface area (Å²) in [5.41, 5.74) is 5.03. The maximum atomic E-state index is 13.2. The van der Waals surface area contributed by atoms with Gasteiger partial charge in [-0.25, -0.2) is 10.0 Å². The normalized spacial score (nSPS) is 25.5. The van der Waals surface area contributed by atoms with E-state index in [1.54, 1.807) is 5.01 Å². The van der Waals surface area contributed by atoms with E-state index in [2.05, 4.69) is 15.4 Å². The van der Waals surface area contributed by atoms with E-state index in [4.69, 9.17) is 4.99 Å². The van der Waals surface area contributed by atoms with Crippen molar-refractivity contribution in [2.24, 2.45) is 20.9 Å². The fraction of sp³-hybridized carbons (Fsp3) is 0.500. The summed E-state index contributed by atoms with van der Waals surface area (Å²) in [7, 11) is 0. The third kappa shape index (κ3) is 3.54. The van der Waals surface area contributed by atoms with Crippen LogP contribution in [0.4, 0.5) is 5.69 Å². The molecule has 1 fully saturated rings. The second kappa shape index (κ2) is 7.81. The van der Waals surface area contributed by atoms with Crippen molar-refractivity contribution in [2.45, 2.75) is 44.9 Å². The maximum Gasteiger partial charge on any atom is 0.262 e. The van der Waals surface area contributed by atoms with Crippen molar-refractivity contribution < 1.29 is 4.79 Å². The molecule has 26 heavy (non-hydrogen) atoms. The fourth-order valence-electron chi connectivity index (χ4n) is 3.68. The zero-order valence-corrected chi connectivity index (χ0v) is 15.0. The van der Waals surface area contributed by atoms with Crippen molar-refractivity contribution in [3.63, 3.8) is 0 Å². The number of nitrogens with one attached hydrogen (secondary N) is 1. The lowest BCUT2D eigenvalue weighted by Crippen LogP contribution is -2.36. The highest BCUT2D eigenvalue weighted by Gasteiger charge is 2.42. The summed E-state index contributed by atoms with van der Waals surface area (Å²) in [6, 6.07) is 9.67. The zero-order chi connectivity index (χ0) is 17.8. The highest BCUT2D eigenvalue weighted by atomic mass is 16.2. The van der Waals surface area contributed by atoms with Gasteiger partial charge in [-0.3, -0.25) is 20.2 Å². The molecule has 6 heteroatoms. The summed E-state index contributed by atoms with van der Waals surface area (Å²) in [4.78, 5) is 27.2. The zero-order valence-electron chi connectivity index (χ0n) is 15.0. The Morgan fingerprint density at radius 3 is 2.54 bits per heavy atom. The third-order valence-corrected chi connectivity index (χ3v) is 5.07. The lowest BCUT2D eigenvalue weighted by Gasteiger charge is -2.17. The van der Waals surface area contributed by atoms with E-state index < -0.39 is 5.92 Å². The Hall–Kier alpha value is -2.50. The highest BCUT2D eigenvalue weighted by molar-refractivity contribution is 6.30. The molecule has 1 saturated heterocycles. The molecule has 1 aromatic rings. The topological polar surface area (TPSA) is 69.4 Å².